The van der Waals surface area contributed by atoms with Crippen molar-refractivity contribution in [2.24, 2.45) is 11.7 Å². The Morgan fingerprint density at radius 3 is 2.40 bits per heavy atom. The van der Waals surface area contributed by atoms with Crippen molar-refractivity contribution in [2.45, 2.75) is 40.0 Å². The number of aromatic nitrogens is 3. The van der Waals surface area contributed by atoms with Gasteiger partial charge in [-0.1, -0.05) is 26.0 Å². The number of rotatable bonds is 9. The molecule has 3 aromatic heterocycles. The molecular weight excluding hydrogens is 467 g/mol. The number of hydrogen-bond acceptors (Lipinski definition) is 7. The lowest BCUT2D eigenvalue weighted by Crippen LogP contribution is -2.20. The second-order valence-corrected chi connectivity index (χ2v) is 9.78. The molecule has 0 unspecified atom stereocenters. The molecule has 4 rings (SSSR count). The number of carbonyl (C=O) groups excluding carboxylic acids is 2. The van der Waals surface area contributed by atoms with Gasteiger partial charge in [-0.2, -0.15) is 0 Å². The van der Waals surface area contributed by atoms with Crippen molar-refractivity contribution in [2.75, 3.05) is 0 Å². The van der Waals surface area contributed by atoms with Crippen LogP contribution in [0.4, 0.5) is 4.39 Å². The topological polar surface area (TPSA) is 112 Å². The number of nitrogens with zero attached hydrogens (tertiary/aromatic N) is 3. The number of benzene rings is 1. The van der Waals surface area contributed by atoms with Crippen molar-refractivity contribution in [1.29, 1.82) is 0 Å². The molecule has 0 aliphatic heterocycles. The predicted octanol–water partition coefficient (Wildman–Crippen LogP) is 5.20. The van der Waals surface area contributed by atoms with Gasteiger partial charge in [0, 0.05) is 17.4 Å². The Bertz CT molecular complexity index is 1380. The van der Waals surface area contributed by atoms with Crippen molar-refractivity contribution in [3.8, 4) is 21.9 Å². The minimum Gasteiger partial charge on any atom is -0.421 e. The third-order valence-corrected chi connectivity index (χ3v) is 6.52. The molecular formula is C26H25FN4O3S. The van der Waals surface area contributed by atoms with Gasteiger partial charge in [-0.15, -0.1) is 21.5 Å². The first-order chi connectivity index (χ1) is 16.8. The fraction of sp³-hybridized carbons (Fsp3) is 0.269. The fourth-order valence-corrected chi connectivity index (χ4v) is 4.89. The van der Waals surface area contributed by atoms with Crippen LogP contribution in [-0.2, 0) is 19.3 Å². The van der Waals surface area contributed by atoms with Gasteiger partial charge in [0.25, 0.3) is 5.91 Å². The Hall–Kier alpha value is -3.72. The predicted molar refractivity (Wildman–Crippen MR) is 132 cm³/mol. The summed E-state index contributed by atoms with van der Waals surface area (Å²) in [6, 6.07) is 9.78. The van der Waals surface area contributed by atoms with Gasteiger partial charge in [-0.3, -0.25) is 14.6 Å². The van der Waals surface area contributed by atoms with Gasteiger partial charge in [-0.05, 0) is 55.0 Å². The van der Waals surface area contributed by atoms with Crippen molar-refractivity contribution in [3.05, 3.63) is 75.5 Å². The summed E-state index contributed by atoms with van der Waals surface area (Å²) in [5.74, 6) is -0.124. The van der Waals surface area contributed by atoms with E-state index in [9.17, 15) is 14.0 Å². The van der Waals surface area contributed by atoms with Crippen molar-refractivity contribution >= 4 is 23.5 Å². The molecule has 0 aliphatic rings. The Labute approximate surface area is 206 Å². The second kappa shape index (κ2) is 10.3. The van der Waals surface area contributed by atoms with Crippen molar-refractivity contribution in [1.82, 2.24) is 15.2 Å². The largest absolute Gasteiger partial charge is 0.421 e. The molecule has 0 saturated carbocycles. The zero-order valence-corrected chi connectivity index (χ0v) is 20.5. The van der Waals surface area contributed by atoms with Crippen LogP contribution >= 0.6 is 11.3 Å². The highest BCUT2D eigenvalue weighted by Crippen LogP contribution is 2.41. The maximum Gasteiger partial charge on any atom is 0.251 e. The van der Waals surface area contributed by atoms with Gasteiger partial charge >= 0.3 is 0 Å². The van der Waals surface area contributed by atoms with Gasteiger partial charge < -0.3 is 10.2 Å². The van der Waals surface area contributed by atoms with Crippen LogP contribution in [-0.4, -0.2) is 27.4 Å². The molecule has 1 aromatic carbocycles. The van der Waals surface area contributed by atoms with Crippen LogP contribution in [0.15, 0.2) is 40.8 Å². The van der Waals surface area contributed by atoms with E-state index < -0.39 is 5.91 Å². The van der Waals surface area contributed by atoms with Crippen LogP contribution in [0.1, 0.15) is 56.7 Å². The molecule has 0 fully saturated rings. The van der Waals surface area contributed by atoms with Crippen LogP contribution in [0.2, 0.25) is 0 Å². The van der Waals surface area contributed by atoms with Gasteiger partial charge in [0.15, 0.2) is 6.29 Å². The van der Waals surface area contributed by atoms with Gasteiger partial charge in [0.1, 0.15) is 5.82 Å². The fourth-order valence-electron chi connectivity index (χ4n) is 4.01. The van der Waals surface area contributed by atoms with Gasteiger partial charge in [0.05, 0.1) is 27.4 Å². The van der Waals surface area contributed by atoms with Gasteiger partial charge in [-0.25, -0.2) is 4.39 Å². The molecule has 0 bridgehead atoms. The van der Waals surface area contributed by atoms with E-state index in [0.29, 0.717) is 57.4 Å². The highest BCUT2D eigenvalue weighted by atomic mass is 32.1. The molecule has 0 aliphatic carbocycles. The maximum atomic E-state index is 13.4. The summed E-state index contributed by atoms with van der Waals surface area (Å²) in [7, 11) is 0. The summed E-state index contributed by atoms with van der Waals surface area (Å²) in [6.07, 6.45) is 2.35. The average Bonchev–Trinajstić information content (AvgIpc) is 3.46. The Morgan fingerprint density at radius 1 is 1.09 bits per heavy atom. The van der Waals surface area contributed by atoms with E-state index in [0.717, 1.165) is 11.8 Å². The van der Waals surface area contributed by atoms with Crippen LogP contribution in [0, 0.1) is 18.7 Å². The number of hydrogen-bond donors (Lipinski definition) is 1. The van der Waals surface area contributed by atoms with E-state index in [4.69, 9.17) is 15.1 Å². The first-order valence-electron chi connectivity index (χ1n) is 11.2. The summed E-state index contributed by atoms with van der Waals surface area (Å²) in [5, 5.41) is 8.20. The lowest BCUT2D eigenvalue weighted by molar-refractivity contribution is 0.0999. The number of aryl methyl sites for hydroxylation is 3. The number of nitrogens with two attached hydrogens (primary N) is 1. The van der Waals surface area contributed by atoms with Crippen LogP contribution in [0.3, 0.4) is 0 Å². The minimum atomic E-state index is -0.619. The Morgan fingerprint density at radius 2 is 1.83 bits per heavy atom. The smallest absolute Gasteiger partial charge is 0.251 e. The monoisotopic (exact) mass is 492 g/mol. The Kier molecular flexibility index (Phi) is 7.16. The van der Waals surface area contributed by atoms with Gasteiger partial charge in [0.2, 0.25) is 11.8 Å². The number of amides is 1. The molecule has 0 saturated heterocycles. The summed E-state index contributed by atoms with van der Waals surface area (Å²) >= 11 is 1.25. The zero-order valence-electron chi connectivity index (χ0n) is 19.7. The first-order valence-corrected chi connectivity index (χ1v) is 12.0. The summed E-state index contributed by atoms with van der Waals surface area (Å²) in [4.78, 5) is 30.3. The number of primary amides is 1. The SMILES string of the molecule is Cc1nnc(-c2c(CCc3ccc(F)cc3)nc(CC(C)C)c(C(N)=O)c2-c2ccc(C=O)s2)o1. The number of carbonyl (C=O) groups is 2. The second-order valence-electron chi connectivity index (χ2n) is 8.66. The lowest BCUT2D eigenvalue weighted by Gasteiger charge is -2.19. The normalized spacial score (nSPS) is 11.2. The molecule has 9 heteroatoms. The number of aldehydes is 1. The third kappa shape index (κ3) is 5.35. The van der Waals surface area contributed by atoms with Crippen LogP contribution in [0.25, 0.3) is 21.9 Å². The third-order valence-electron chi connectivity index (χ3n) is 5.49. The number of pyridine rings is 1. The first kappa shape index (κ1) is 24.4. The molecule has 0 radical (unpaired) electrons. The summed E-state index contributed by atoms with van der Waals surface area (Å²) < 4.78 is 19.2. The van der Waals surface area contributed by atoms with E-state index in [-0.39, 0.29) is 23.2 Å². The molecule has 0 atom stereocenters. The zero-order chi connectivity index (χ0) is 25.1. The molecule has 2 N–H and O–H groups in total. The average molecular weight is 493 g/mol. The Balaban J connectivity index is 1.98. The molecule has 7 nitrogen and oxygen atoms in total. The highest BCUT2D eigenvalue weighted by Gasteiger charge is 2.28. The molecule has 4 aromatic rings. The van der Waals surface area contributed by atoms with E-state index in [1.165, 1.54) is 23.5 Å². The van der Waals surface area contributed by atoms with E-state index >= 15 is 0 Å². The molecule has 1 amide bonds. The summed E-state index contributed by atoms with van der Waals surface area (Å²) in [6.45, 7) is 5.75. The van der Waals surface area contributed by atoms with Crippen LogP contribution < -0.4 is 5.73 Å². The van der Waals surface area contributed by atoms with E-state index in [1.54, 1.807) is 31.2 Å². The lowest BCUT2D eigenvalue weighted by atomic mass is 9.91. The molecule has 0 spiro atoms. The minimum absolute atomic E-state index is 0.212. The molecule has 35 heavy (non-hydrogen) atoms. The van der Waals surface area contributed by atoms with Crippen LogP contribution in [0.5, 0.6) is 0 Å². The maximum absolute atomic E-state index is 13.4. The highest BCUT2D eigenvalue weighted by molar-refractivity contribution is 7.17. The summed E-state index contributed by atoms with van der Waals surface area (Å²) in [5.41, 5.74) is 9.43. The standard InChI is InChI=1S/C26H25FN4O3S/c1-14(2)12-20-22(25(28)33)24(21-11-9-18(13-32)35-21)23(26-31-30-15(3)34-26)19(29-20)10-6-16-4-7-17(27)8-5-16/h4-5,7-9,11,13-14H,6,10,12H2,1-3H3,(H2,28,33). The quantitative estimate of drug-likeness (QED) is 0.321. The van der Waals surface area contributed by atoms with Crippen molar-refractivity contribution in [3.63, 3.8) is 0 Å². The molecule has 180 valence electrons. The number of thiophene rings is 1. The van der Waals surface area contributed by atoms with E-state index in [2.05, 4.69) is 10.2 Å². The number of halogens is 1. The molecule has 3 heterocycles. The van der Waals surface area contributed by atoms with E-state index in [1.807, 2.05) is 13.8 Å². The van der Waals surface area contributed by atoms with Crippen molar-refractivity contribution < 1.29 is 18.4 Å².